The topological polar surface area (TPSA) is 95.9 Å². The smallest absolute Gasteiger partial charge is 0.305 e. The molecule has 0 saturated heterocycles. The largest absolute Gasteiger partial charge is 0.466 e. The third-order valence-electron chi connectivity index (χ3n) is 19.2. The Morgan fingerprint density at radius 1 is 0.282 bits per heavy atom. The van der Waals surface area contributed by atoms with Gasteiger partial charge in [-0.1, -0.05) is 431 Å². The van der Waals surface area contributed by atoms with Gasteiger partial charge in [0.05, 0.1) is 25.4 Å². The fourth-order valence-electron chi connectivity index (χ4n) is 13.1. The van der Waals surface area contributed by atoms with Gasteiger partial charge in [-0.2, -0.15) is 0 Å². The fraction of sp³-hybridized carbons (Fsp3) is 0.975. The summed E-state index contributed by atoms with van der Waals surface area (Å²) < 4.78 is 5.52. The molecule has 0 aromatic heterocycles. The van der Waals surface area contributed by atoms with Gasteiger partial charge in [0.25, 0.3) is 0 Å². The molecule has 6 heteroatoms. The highest BCUT2D eigenvalue weighted by atomic mass is 16.5. The molecule has 0 spiro atoms. The number of hydrogen-bond donors (Lipinski definition) is 3. The molecule has 0 aromatic rings. The molecule has 0 aromatic carbocycles. The van der Waals surface area contributed by atoms with Crippen LogP contribution in [0.4, 0.5) is 0 Å². The summed E-state index contributed by atoms with van der Waals surface area (Å²) in [5.41, 5.74) is 0. The maximum absolute atomic E-state index is 12.6. The maximum atomic E-state index is 12.6. The van der Waals surface area contributed by atoms with Gasteiger partial charge in [0, 0.05) is 12.8 Å². The lowest BCUT2D eigenvalue weighted by Gasteiger charge is -2.22. The lowest BCUT2D eigenvalue weighted by atomic mass is 10.0. The molecule has 85 heavy (non-hydrogen) atoms. The second-order valence-electron chi connectivity index (χ2n) is 27.8. The molecule has 0 aliphatic rings. The number of aliphatic hydroxyl groups is 2. The second-order valence-corrected chi connectivity index (χ2v) is 27.8. The van der Waals surface area contributed by atoms with Crippen molar-refractivity contribution in [3.8, 4) is 0 Å². The minimum Gasteiger partial charge on any atom is -0.466 e. The average Bonchev–Trinajstić information content (AvgIpc) is 3.51. The van der Waals surface area contributed by atoms with E-state index in [9.17, 15) is 19.8 Å². The van der Waals surface area contributed by atoms with Crippen LogP contribution in [0.1, 0.15) is 470 Å². The van der Waals surface area contributed by atoms with E-state index in [2.05, 4.69) is 19.2 Å². The van der Waals surface area contributed by atoms with Crippen LogP contribution in [0.25, 0.3) is 0 Å². The summed E-state index contributed by atoms with van der Waals surface area (Å²) >= 11 is 0. The lowest BCUT2D eigenvalue weighted by Crippen LogP contribution is -2.45. The molecule has 0 saturated carbocycles. The first kappa shape index (κ1) is 83.9. The summed E-state index contributed by atoms with van der Waals surface area (Å²) in [5.74, 6) is -0.00476. The van der Waals surface area contributed by atoms with Gasteiger partial charge in [-0.15, -0.1) is 0 Å². The molecule has 0 aliphatic carbocycles. The van der Waals surface area contributed by atoms with Gasteiger partial charge in [0.2, 0.25) is 5.91 Å². The van der Waals surface area contributed by atoms with Crippen LogP contribution in [0.2, 0.25) is 0 Å². The third-order valence-corrected chi connectivity index (χ3v) is 19.2. The first-order chi connectivity index (χ1) is 42.0. The van der Waals surface area contributed by atoms with Crippen molar-refractivity contribution in [1.82, 2.24) is 5.32 Å². The van der Waals surface area contributed by atoms with Gasteiger partial charge >= 0.3 is 5.97 Å². The Morgan fingerprint density at radius 2 is 0.482 bits per heavy atom. The molecule has 6 nitrogen and oxygen atoms in total. The predicted molar refractivity (Wildman–Crippen MR) is 375 cm³/mol. The number of hydrogen-bond acceptors (Lipinski definition) is 5. The number of amides is 1. The van der Waals surface area contributed by atoms with Crippen LogP contribution >= 0.6 is 0 Å². The lowest BCUT2D eigenvalue weighted by molar-refractivity contribution is -0.143. The minimum atomic E-state index is -0.664. The van der Waals surface area contributed by atoms with Crippen LogP contribution in [0.3, 0.4) is 0 Å². The van der Waals surface area contributed by atoms with Crippen LogP contribution in [0.5, 0.6) is 0 Å². The summed E-state index contributed by atoms with van der Waals surface area (Å²) in [6, 6.07) is -0.541. The van der Waals surface area contributed by atoms with Gasteiger partial charge < -0.3 is 20.3 Å². The quantitative estimate of drug-likeness (QED) is 0.0417. The molecule has 1 amide bonds. The van der Waals surface area contributed by atoms with Crippen molar-refractivity contribution in [1.29, 1.82) is 0 Å². The van der Waals surface area contributed by atoms with Crippen LogP contribution in [0.15, 0.2) is 0 Å². The number of nitrogens with one attached hydrogen (secondary N) is 1. The fourth-order valence-corrected chi connectivity index (χ4v) is 13.1. The van der Waals surface area contributed by atoms with Crippen molar-refractivity contribution in [2.45, 2.75) is 482 Å². The van der Waals surface area contributed by atoms with Crippen LogP contribution < -0.4 is 5.32 Å². The molecular formula is C79H157NO5. The van der Waals surface area contributed by atoms with E-state index in [0.717, 1.165) is 38.5 Å². The van der Waals surface area contributed by atoms with E-state index < -0.39 is 12.1 Å². The molecule has 2 atom stereocenters. The monoisotopic (exact) mass is 1200 g/mol. The zero-order chi connectivity index (χ0) is 61.3. The van der Waals surface area contributed by atoms with Crippen LogP contribution in [-0.2, 0) is 14.3 Å². The van der Waals surface area contributed by atoms with Gasteiger partial charge in [-0.3, -0.25) is 9.59 Å². The Kier molecular flexibility index (Phi) is 74.3. The van der Waals surface area contributed by atoms with Crippen LogP contribution in [-0.4, -0.2) is 47.4 Å². The van der Waals surface area contributed by atoms with E-state index in [1.807, 2.05) is 0 Å². The molecule has 0 bridgehead atoms. The molecule has 0 heterocycles. The SMILES string of the molecule is CCCCCCCCCCCCCCCCCCCCCCCCCCCC(O)C(CO)NC(=O)CCCCCCCCCCCCCCCCCCCCCCCCCCOC(=O)CCCCCCCCCCCCCCCCCCCCC. The van der Waals surface area contributed by atoms with Crippen molar-refractivity contribution < 1.29 is 24.5 Å². The summed E-state index contributed by atoms with van der Waals surface area (Å²) in [7, 11) is 0. The van der Waals surface area contributed by atoms with Crippen molar-refractivity contribution in [2.24, 2.45) is 0 Å². The highest BCUT2D eigenvalue weighted by molar-refractivity contribution is 5.76. The first-order valence-corrected chi connectivity index (χ1v) is 39.8. The van der Waals surface area contributed by atoms with Crippen molar-refractivity contribution >= 4 is 11.9 Å². The normalized spacial score (nSPS) is 12.4. The molecule has 508 valence electrons. The molecule has 0 aliphatic heterocycles. The van der Waals surface area contributed by atoms with Gasteiger partial charge in [0.1, 0.15) is 0 Å². The Labute approximate surface area is 534 Å². The molecule has 0 radical (unpaired) electrons. The van der Waals surface area contributed by atoms with Gasteiger partial charge in [-0.25, -0.2) is 0 Å². The van der Waals surface area contributed by atoms with Crippen molar-refractivity contribution in [2.75, 3.05) is 13.2 Å². The third kappa shape index (κ3) is 71.8. The molecule has 3 N–H and O–H groups in total. The Bertz CT molecular complexity index is 1240. The maximum Gasteiger partial charge on any atom is 0.305 e. The number of aliphatic hydroxyl groups excluding tert-OH is 2. The summed E-state index contributed by atoms with van der Waals surface area (Å²) in [6.07, 6.45) is 93.3. The van der Waals surface area contributed by atoms with Gasteiger partial charge in [-0.05, 0) is 25.7 Å². The Hall–Kier alpha value is -1.14. The van der Waals surface area contributed by atoms with Crippen molar-refractivity contribution in [3.05, 3.63) is 0 Å². The highest BCUT2D eigenvalue weighted by Crippen LogP contribution is 2.21. The number of unbranched alkanes of at least 4 members (excludes halogenated alkanes) is 65. The van der Waals surface area contributed by atoms with E-state index in [-0.39, 0.29) is 18.5 Å². The minimum absolute atomic E-state index is 0.0222. The molecule has 0 rings (SSSR count). The Balaban J connectivity index is 3.34. The van der Waals surface area contributed by atoms with E-state index in [1.54, 1.807) is 0 Å². The molecule has 0 fully saturated rings. The summed E-state index contributed by atoms with van der Waals surface area (Å²) in [4.78, 5) is 24.7. The molecule has 2 unspecified atom stereocenters. The number of ether oxygens (including phenoxy) is 1. The van der Waals surface area contributed by atoms with Crippen molar-refractivity contribution in [3.63, 3.8) is 0 Å². The number of esters is 1. The Morgan fingerprint density at radius 3 is 0.718 bits per heavy atom. The number of carbonyl (C=O) groups excluding carboxylic acids is 2. The van der Waals surface area contributed by atoms with E-state index >= 15 is 0 Å². The standard InChI is InChI=1S/C79H157NO5/c1-3-5-7-9-11-13-15-17-19-21-23-24-25-26-29-32-36-39-43-47-51-55-59-63-67-71-77(82)76(75-81)80-78(83)72-68-64-60-56-52-48-44-40-37-33-30-27-28-31-34-38-42-46-50-54-58-62-66-70-74-85-79(84)73-69-65-61-57-53-49-45-41-35-22-20-18-16-14-12-10-8-6-4-2/h76-77,81-82H,3-75H2,1-2H3,(H,80,83). The highest BCUT2D eigenvalue weighted by Gasteiger charge is 2.20. The first-order valence-electron chi connectivity index (χ1n) is 39.8. The molecular weight excluding hydrogens is 1040 g/mol. The zero-order valence-corrected chi connectivity index (χ0v) is 58.4. The van der Waals surface area contributed by atoms with E-state index in [4.69, 9.17) is 4.74 Å². The number of rotatable bonds is 76. The summed E-state index contributed by atoms with van der Waals surface area (Å²) in [6.45, 7) is 5.02. The van der Waals surface area contributed by atoms with Gasteiger partial charge in [0.15, 0.2) is 0 Å². The zero-order valence-electron chi connectivity index (χ0n) is 58.4. The summed E-state index contributed by atoms with van der Waals surface area (Å²) in [5, 5.41) is 23.5. The van der Waals surface area contributed by atoms with E-state index in [0.29, 0.717) is 25.9 Å². The average molecular weight is 1200 g/mol. The number of carbonyl (C=O) groups is 2. The van der Waals surface area contributed by atoms with E-state index in [1.165, 1.54) is 398 Å². The predicted octanol–water partition coefficient (Wildman–Crippen LogP) is 26.1. The van der Waals surface area contributed by atoms with Crippen LogP contribution in [0, 0.1) is 0 Å². The second kappa shape index (κ2) is 75.3.